The van der Waals surface area contributed by atoms with Crippen molar-refractivity contribution in [2.75, 3.05) is 26.2 Å². The van der Waals surface area contributed by atoms with E-state index in [0.29, 0.717) is 11.6 Å². The minimum absolute atomic E-state index is 0.0788. The monoisotopic (exact) mass is 473 g/mol. The third kappa shape index (κ3) is 4.60. The van der Waals surface area contributed by atoms with Crippen LogP contribution in [0.3, 0.4) is 0 Å². The van der Waals surface area contributed by atoms with Crippen LogP contribution < -0.4 is 0 Å². The molecule has 168 valence electrons. The number of amides is 1. The maximum atomic E-state index is 13.5. The van der Waals surface area contributed by atoms with Crippen molar-refractivity contribution >= 4 is 27.3 Å². The molecule has 0 bridgehead atoms. The second-order valence-corrected chi connectivity index (χ2v) is 10.8. The molecule has 9 heteroatoms. The van der Waals surface area contributed by atoms with E-state index in [2.05, 4.69) is 31.0 Å². The quantitative estimate of drug-likeness (QED) is 0.556. The minimum atomic E-state index is -3.80. The van der Waals surface area contributed by atoms with E-state index in [1.807, 2.05) is 12.1 Å². The molecular formula is C23H24FN3O3S2. The molecule has 0 unspecified atom stereocenters. The number of hydrogen-bond donors (Lipinski definition) is 0. The molecule has 1 saturated heterocycles. The summed E-state index contributed by atoms with van der Waals surface area (Å²) < 4.78 is 40.3. The standard InChI is InChI=1S/C23H24FN3O3S2/c1-16(2)17-6-8-18(9-7-17)22-25-21(15-31-22)23(28)26-10-12-27(13-11-26)32(29,30)20-5-3-4-19(24)14-20/h3-9,14-16H,10-13H2,1-2H3. The van der Waals surface area contributed by atoms with Gasteiger partial charge in [-0.2, -0.15) is 4.31 Å². The molecule has 1 fully saturated rings. The Labute approximate surface area is 191 Å². The maximum absolute atomic E-state index is 13.5. The first-order valence-corrected chi connectivity index (χ1v) is 12.7. The van der Waals surface area contributed by atoms with Gasteiger partial charge in [-0.05, 0) is 29.7 Å². The first kappa shape index (κ1) is 22.6. The van der Waals surface area contributed by atoms with E-state index in [-0.39, 0.29) is 37.0 Å². The number of aromatic nitrogens is 1. The molecule has 0 aliphatic carbocycles. The molecule has 0 saturated carbocycles. The fraction of sp³-hybridized carbons (Fsp3) is 0.304. The normalized spacial score (nSPS) is 15.3. The highest BCUT2D eigenvalue weighted by Crippen LogP contribution is 2.27. The van der Waals surface area contributed by atoms with Gasteiger partial charge in [-0.15, -0.1) is 11.3 Å². The van der Waals surface area contributed by atoms with Crippen LogP contribution >= 0.6 is 11.3 Å². The molecule has 2 aromatic carbocycles. The van der Waals surface area contributed by atoms with Crippen LogP contribution in [0.4, 0.5) is 4.39 Å². The van der Waals surface area contributed by atoms with Gasteiger partial charge < -0.3 is 4.90 Å². The van der Waals surface area contributed by atoms with Crippen molar-refractivity contribution in [1.82, 2.24) is 14.2 Å². The first-order valence-electron chi connectivity index (χ1n) is 10.4. The highest BCUT2D eigenvalue weighted by molar-refractivity contribution is 7.89. The zero-order valence-electron chi connectivity index (χ0n) is 17.9. The Morgan fingerprint density at radius 3 is 2.38 bits per heavy atom. The molecule has 1 aromatic heterocycles. The molecule has 0 N–H and O–H groups in total. The zero-order valence-corrected chi connectivity index (χ0v) is 19.5. The average molecular weight is 474 g/mol. The van der Waals surface area contributed by atoms with E-state index in [9.17, 15) is 17.6 Å². The number of nitrogens with zero attached hydrogens (tertiary/aromatic N) is 3. The number of carbonyl (C=O) groups is 1. The lowest BCUT2D eigenvalue weighted by atomic mass is 10.0. The third-order valence-electron chi connectivity index (χ3n) is 5.51. The van der Waals surface area contributed by atoms with Gasteiger partial charge in [-0.3, -0.25) is 4.79 Å². The maximum Gasteiger partial charge on any atom is 0.273 e. The van der Waals surface area contributed by atoms with Crippen LogP contribution in [0, 0.1) is 5.82 Å². The Morgan fingerprint density at radius 2 is 1.75 bits per heavy atom. The van der Waals surface area contributed by atoms with Crippen molar-refractivity contribution in [2.24, 2.45) is 0 Å². The SMILES string of the molecule is CC(C)c1ccc(-c2nc(C(=O)N3CCN(S(=O)(=O)c4cccc(F)c4)CC3)cs2)cc1. The number of rotatable bonds is 5. The van der Waals surface area contributed by atoms with Gasteiger partial charge in [0.1, 0.15) is 16.5 Å². The first-order chi connectivity index (χ1) is 15.3. The van der Waals surface area contributed by atoms with Crippen LogP contribution in [-0.2, 0) is 10.0 Å². The number of thiazole rings is 1. The summed E-state index contributed by atoms with van der Waals surface area (Å²) in [6.45, 7) is 5.08. The van der Waals surface area contributed by atoms with Gasteiger partial charge in [0.05, 0.1) is 4.90 Å². The van der Waals surface area contributed by atoms with Crippen LogP contribution in [0.2, 0.25) is 0 Å². The van der Waals surface area contributed by atoms with E-state index < -0.39 is 15.8 Å². The lowest BCUT2D eigenvalue weighted by Gasteiger charge is -2.33. The highest BCUT2D eigenvalue weighted by Gasteiger charge is 2.31. The summed E-state index contributed by atoms with van der Waals surface area (Å²) >= 11 is 1.41. The van der Waals surface area contributed by atoms with Crippen molar-refractivity contribution in [3.8, 4) is 10.6 Å². The van der Waals surface area contributed by atoms with Crippen molar-refractivity contribution in [3.63, 3.8) is 0 Å². The summed E-state index contributed by atoms with van der Waals surface area (Å²) in [7, 11) is -3.80. The fourth-order valence-electron chi connectivity index (χ4n) is 3.59. The molecule has 2 heterocycles. The Kier molecular flexibility index (Phi) is 6.41. The van der Waals surface area contributed by atoms with Crippen LogP contribution in [0.25, 0.3) is 10.6 Å². The second-order valence-electron chi connectivity index (χ2n) is 7.97. The van der Waals surface area contributed by atoms with E-state index in [1.54, 1.807) is 10.3 Å². The number of carbonyl (C=O) groups excluding carboxylic acids is 1. The number of benzene rings is 2. The molecule has 0 atom stereocenters. The highest BCUT2D eigenvalue weighted by atomic mass is 32.2. The Hall–Kier alpha value is -2.62. The minimum Gasteiger partial charge on any atom is -0.335 e. The summed E-state index contributed by atoms with van der Waals surface area (Å²) in [5, 5.41) is 2.51. The second kappa shape index (κ2) is 9.09. The van der Waals surface area contributed by atoms with E-state index >= 15 is 0 Å². The average Bonchev–Trinajstić information content (AvgIpc) is 3.29. The number of halogens is 1. The van der Waals surface area contributed by atoms with Gasteiger partial charge in [-0.25, -0.2) is 17.8 Å². The van der Waals surface area contributed by atoms with E-state index in [0.717, 1.165) is 16.6 Å². The van der Waals surface area contributed by atoms with Gasteiger partial charge in [0, 0.05) is 37.1 Å². The van der Waals surface area contributed by atoms with E-state index in [4.69, 9.17) is 0 Å². The molecule has 4 rings (SSSR count). The van der Waals surface area contributed by atoms with Gasteiger partial charge in [0.25, 0.3) is 5.91 Å². The van der Waals surface area contributed by atoms with Crippen molar-refractivity contribution in [2.45, 2.75) is 24.7 Å². The van der Waals surface area contributed by atoms with Gasteiger partial charge in [-0.1, -0.05) is 44.2 Å². The fourth-order valence-corrected chi connectivity index (χ4v) is 5.84. The van der Waals surface area contributed by atoms with Crippen LogP contribution in [0.5, 0.6) is 0 Å². The number of hydrogen-bond acceptors (Lipinski definition) is 5. The predicted octanol–water partition coefficient (Wildman–Crippen LogP) is 4.22. The summed E-state index contributed by atoms with van der Waals surface area (Å²) in [5.74, 6) is -0.368. The summed E-state index contributed by atoms with van der Waals surface area (Å²) in [4.78, 5) is 19.0. The van der Waals surface area contributed by atoms with Crippen molar-refractivity contribution < 1.29 is 17.6 Å². The Bertz CT molecular complexity index is 1220. The molecule has 0 spiro atoms. The largest absolute Gasteiger partial charge is 0.335 e. The van der Waals surface area contributed by atoms with Crippen LogP contribution in [-0.4, -0.2) is 54.7 Å². The molecule has 3 aromatic rings. The van der Waals surface area contributed by atoms with E-state index in [1.165, 1.54) is 39.4 Å². The third-order valence-corrected chi connectivity index (χ3v) is 8.29. The van der Waals surface area contributed by atoms with Gasteiger partial charge in [0.15, 0.2) is 0 Å². The lowest BCUT2D eigenvalue weighted by Crippen LogP contribution is -2.50. The van der Waals surface area contributed by atoms with Crippen LogP contribution in [0.1, 0.15) is 35.8 Å². The van der Waals surface area contributed by atoms with Crippen molar-refractivity contribution in [1.29, 1.82) is 0 Å². The zero-order chi connectivity index (χ0) is 22.9. The molecule has 1 aliphatic heterocycles. The summed E-state index contributed by atoms with van der Waals surface area (Å²) in [6, 6.07) is 13.1. The van der Waals surface area contributed by atoms with Gasteiger partial charge in [0.2, 0.25) is 10.0 Å². The lowest BCUT2D eigenvalue weighted by molar-refractivity contribution is 0.0693. The van der Waals surface area contributed by atoms with Crippen LogP contribution in [0.15, 0.2) is 58.8 Å². The Balaban J connectivity index is 1.42. The smallest absolute Gasteiger partial charge is 0.273 e. The van der Waals surface area contributed by atoms with Gasteiger partial charge >= 0.3 is 0 Å². The molecule has 6 nitrogen and oxygen atoms in total. The molecule has 1 aliphatic rings. The topological polar surface area (TPSA) is 70.6 Å². The molecule has 32 heavy (non-hydrogen) atoms. The molecule has 0 radical (unpaired) electrons. The number of piperazine rings is 1. The summed E-state index contributed by atoms with van der Waals surface area (Å²) in [5.41, 5.74) is 2.57. The number of sulfonamides is 1. The Morgan fingerprint density at radius 1 is 1.06 bits per heavy atom. The predicted molar refractivity (Wildman–Crippen MR) is 123 cm³/mol. The summed E-state index contributed by atoms with van der Waals surface area (Å²) in [6.07, 6.45) is 0. The molecular weight excluding hydrogens is 449 g/mol. The molecule has 1 amide bonds. The van der Waals surface area contributed by atoms with Crippen molar-refractivity contribution in [3.05, 3.63) is 71.0 Å².